The summed E-state index contributed by atoms with van der Waals surface area (Å²) in [6, 6.07) is 3.60. The van der Waals surface area contributed by atoms with Crippen LogP contribution in [0.1, 0.15) is 5.56 Å². The Morgan fingerprint density at radius 3 is 2.78 bits per heavy atom. The number of H-pyrrole nitrogens is 1. The molecule has 0 aliphatic carbocycles. The Morgan fingerprint density at radius 1 is 1.56 bits per heavy atom. The van der Waals surface area contributed by atoms with Gasteiger partial charge in [-0.2, -0.15) is 0 Å². The average Bonchev–Trinajstić information content (AvgIpc) is 2.70. The first kappa shape index (κ1) is 12.8. The molecule has 0 aliphatic heterocycles. The zero-order chi connectivity index (χ0) is 13.3. The minimum absolute atomic E-state index is 0.0260. The van der Waals surface area contributed by atoms with Crippen LogP contribution in [0.3, 0.4) is 0 Å². The van der Waals surface area contributed by atoms with Gasteiger partial charge in [0.05, 0.1) is 20.6 Å². The Balaban J connectivity index is 2.48. The number of nitrogens with zero attached hydrogens (tertiary/aromatic N) is 1. The Labute approximate surface area is 114 Å². The molecule has 0 amide bonds. The first-order chi connectivity index (χ1) is 8.47. The van der Waals surface area contributed by atoms with Gasteiger partial charge in [0.25, 0.3) is 5.56 Å². The van der Waals surface area contributed by atoms with Crippen LogP contribution in [0.5, 0.6) is 0 Å². The fraction of sp³-hybridized carbons (Fsp3) is 0.100. The number of thiophene rings is 1. The molecule has 0 atom stereocenters. The molecule has 0 radical (unpaired) electrons. The number of nitrogens with one attached hydrogen (secondary N) is 1. The number of nitrogen functional groups attached to an aromatic ring is 1. The number of nitrogens with two attached hydrogens (primary N) is 1. The molecular formula is C10H8BrN3O3S. The van der Waals surface area contributed by atoms with Crippen molar-refractivity contribution < 1.29 is 9.90 Å². The summed E-state index contributed by atoms with van der Waals surface area (Å²) in [6.07, 6.45) is -0.442. The maximum atomic E-state index is 11.7. The third-order valence-electron chi connectivity index (χ3n) is 2.18. The fourth-order valence-corrected chi connectivity index (χ4v) is 2.73. The Hall–Kier alpha value is -1.67. The lowest BCUT2D eigenvalue weighted by Gasteiger charge is -2.03. The summed E-state index contributed by atoms with van der Waals surface area (Å²) in [5.41, 5.74) is 5.06. The van der Waals surface area contributed by atoms with E-state index in [1.54, 1.807) is 6.07 Å². The van der Waals surface area contributed by atoms with E-state index in [1.165, 1.54) is 11.3 Å². The molecule has 0 aliphatic rings. The van der Waals surface area contributed by atoms with Crippen LogP contribution < -0.4 is 11.3 Å². The van der Waals surface area contributed by atoms with Gasteiger partial charge >= 0.3 is 5.97 Å². The van der Waals surface area contributed by atoms with E-state index in [1.807, 2.05) is 6.07 Å². The van der Waals surface area contributed by atoms with Crippen molar-refractivity contribution in [2.24, 2.45) is 0 Å². The zero-order valence-corrected chi connectivity index (χ0v) is 11.3. The highest BCUT2D eigenvalue weighted by molar-refractivity contribution is 9.11. The highest BCUT2D eigenvalue weighted by atomic mass is 79.9. The van der Waals surface area contributed by atoms with E-state index in [-0.39, 0.29) is 11.4 Å². The molecular weight excluding hydrogens is 322 g/mol. The second kappa shape index (κ2) is 4.91. The number of hydrogen-bond acceptors (Lipinski definition) is 5. The largest absolute Gasteiger partial charge is 0.481 e. The lowest BCUT2D eigenvalue weighted by molar-refractivity contribution is -0.136. The van der Waals surface area contributed by atoms with Gasteiger partial charge in [-0.3, -0.25) is 9.59 Å². The third-order valence-corrected chi connectivity index (χ3v) is 3.81. The first-order valence-electron chi connectivity index (χ1n) is 4.83. The van der Waals surface area contributed by atoms with Crippen LogP contribution in [0.25, 0.3) is 10.7 Å². The van der Waals surface area contributed by atoms with E-state index in [2.05, 4.69) is 25.9 Å². The Morgan fingerprint density at radius 2 is 2.28 bits per heavy atom. The van der Waals surface area contributed by atoms with Gasteiger partial charge in [-0.1, -0.05) is 0 Å². The molecule has 0 spiro atoms. The van der Waals surface area contributed by atoms with Gasteiger partial charge in [0.15, 0.2) is 5.82 Å². The van der Waals surface area contributed by atoms with Gasteiger partial charge in [0, 0.05) is 0 Å². The number of anilines is 1. The van der Waals surface area contributed by atoms with Gasteiger partial charge in [0.2, 0.25) is 0 Å². The maximum absolute atomic E-state index is 11.7. The monoisotopic (exact) mass is 329 g/mol. The highest BCUT2D eigenvalue weighted by Gasteiger charge is 2.14. The van der Waals surface area contributed by atoms with Crippen LogP contribution in [-0.4, -0.2) is 21.0 Å². The number of carbonyl (C=O) groups is 1. The topological polar surface area (TPSA) is 109 Å². The lowest BCUT2D eigenvalue weighted by atomic mass is 10.2. The van der Waals surface area contributed by atoms with Gasteiger partial charge in [-0.05, 0) is 28.1 Å². The van der Waals surface area contributed by atoms with E-state index in [9.17, 15) is 9.59 Å². The molecule has 94 valence electrons. The maximum Gasteiger partial charge on any atom is 0.308 e. The van der Waals surface area contributed by atoms with Gasteiger partial charge in [-0.25, -0.2) is 4.98 Å². The van der Waals surface area contributed by atoms with Gasteiger partial charge in [-0.15, -0.1) is 11.3 Å². The van der Waals surface area contributed by atoms with E-state index in [0.717, 1.165) is 8.66 Å². The molecule has 0 unspecified atom stereocenters. The molecule has 0 bridgehead atoms. The SMILES string of the molecule is Nc1nc(-c2ccc(Br)s2)[nH]c(=O)c1CC(=O)O. The van der Waals surface area contributed by atoms with Crippen LogP contribution in [0.2, 0.25) is 0 Å². The molecule has 18 heavy (non-hydrogen) atoms. The number of carboxylic acid groups (broad SMARTS) is 1. The number of halogens is 1. The predicted octanol–water partition coefficient (Wildman–Crippen LogP) is 1.47. The first-order valence-corrected chi connectivity index (χ1v) is 6.44. The summed E-state index contributed by atoms with van der Waals surface area (Å²) in [5.74, 6) is -0.844. The van der Waals surface area contributed by atoms with Crippen LogP contribution in [0.4, 0.5) is 5.82 Å². The van der Waals surface area contributed by atoms with Crippen molar-refractivity contribution >= 4 is 39.1 Å². The van der Waals surface area contributed by atoms with E-state index in [4.69, 9.17) is 10.8 Å². The van der Waals surface area contributed by atoms with Crippen LogP contribution in [0, 0.1) is 0 Å². The highest BCUT2D eigenvalue weighted by Crippen LogP contribution is 2.29. The summed E-state index contributed by atoms with van der Waals surface area (Å²) >= 11 is 4.69. The minimum Gasteiger partial charge on any atom is -0.481 e. The molecule has 0 saturated carbocycles. The average molecular weight is 330 g/mol. The molecule has 0 fully saturated rings. The van der Waals surface area contributed by atoms with E-state index in [0.29, 0.717) is 5.82 Å². The summed E-state index contributed by atoms with van der Waals surface area (Å²) in [5, 5.41) is 8.67. The number of carboxylic acids is 1. The standard InChI is InChI=1S/C10H8BrN3O3S/c11-6-2-1-5(18-6)9-13-8(12)4(3-7(15)16)10(17)14-9/h1-2H,3H2,(H,15,16)(H3,12,13,14,17). The second-order valence-corrected chi connectivity index (χ2v) is 5.92. The normalized spacial score (nSPS) is 10.5. The smallest absolute Gasteiger partial charge is 0.308 e. The van der Waals surface area contributed by atoms with Crippen molar-refractivity contribution in [1.29, 1.82) is 0 Å². The predicted molar refractivity (Wildman–Crippen MR) is 71.6 cm³/mol. The molecule has 8 heteroatoms. The molecule has 0 saturated heterocycles. The van der Waals surface area contributed by atoms with Crippen LogP contribution in [-0.2, 0) is 11.2 Å². The molecule has 0 aromatic carbocycles. The van der Waals surface area contributed by atoms with Gasteiger partial charge in [0.1, 0.15) is 5.82 Å². The van der Waals surface area contributed by atoms with Crippen LogP contribution >= 0.6 is 27.3 Å². The van der Waals surface area contributed by atoms with Crippen molar-refractivity contribution in [2.75, 3.05) is 5.73 Å². The van der Waals surface area contributed by atoms with Crippen molar-refractivity contribution in [2.45, 2.75) is 6.42 Å². The number of hydrogen-bond donors (Lipinski definition) is 3. The number of aliphatic carboxylic acids is 1. The minimum atomic E-state index is -1.12. The fourth-order valence-electron chi connectivity index (χ4n) is 1.40. The third kappa shape index (κ3) is 2.59. The number of rotatable bonds is 3. The van der Waals surface area contributed by atoms with Crippen molar-refractivity contribution in [3.05, 3.63) is 31.8 Å². The lowest BCUT2D eigenvalue weighted by Crippen LogP contribution is -2.20. The molecule has 2 rings (SSSR count). The van der Waals surface area contributed by atoms with E-state index < -0.39 is 17.9 Å². The molecule has 4 N–H and O–H groups in total. The van der Waals surface area contributed by atoms with Crippen molar-refractivity contribution in [3.8, 4) is 10.7 Å². The molecule has 2 aromatic rings. The number of aromatic amines is 1. The second-order valence-electron chi connectivity index (χ2n) is 3.45. The van der Waals surface area contributed by atoms with Crippen molar-refractivity contribution in [3.63, 3.8) is 0 Å². The van der Waals surface area contributed by atoms with E-state index >= 15 is 0 Å². The summed E-state index contributed by atoms with van der Waals surface area (Å²) in [7, 11) is 0. The van der Waals surface area contributed by atoms with Gasteiger partial charge < -0.3 is 15.8 Å². The Kier molecular flexibility index (Phi) is 3.48. The summed E-state index contributed by atoms with van der Waals surface area (Å²) < 4.78 is 0.897. The van der Waals surface area contributed by atoms with Crippen molar-refractivity contribution in [1.82, 2.24) is 9.97 Å². The summed E-state index contributed by atoms with van der Waals surface area (Å²) in [6.45, 7) is 0. The Bertz CT molecular complexity index is 665. The molecule has 2 heterocycles. The van der Waals surface area contributed by atoms with Crippen LogP contribution in [0.15, 0.2) is 20.7 Å². The zero-order valence-electron chi connectivity index (χ0n) is 8.94. The number of aromatic nitrogens is 2. The quantitative estimate of drug-likeness (QED) is 0.790. The summed E-state index contributed by atoms with van der Waals surface area (Å²) in [4.78, 5) is 29.6. The molecule has 6 nitrogen and oxygen atoms in total. The molecule has 2 aromatic heterocycles.